The Morgan fingerprint density at radius 1 is 1.43 bits per heavy atom. The lowest BCUT2D eigenvalue weighted by atomic mass is 10.2. The second-order valence-electron chi connectivity index (χ2n) is 5.81. The molecule has 1 unspecified atom stereocenters. The Kier molecular flexibility index (Phi) is 5.16. The van der Waals surface area contributed by atoms with Crippen LogP contribution in [0.4, 0.5) is 0 Å². The lowest BCUT2D eigenvalue weighted by molar-refractivity contribution is -0.0301. The van der Waals surface area contributed by atoms with E-state index in [1.54, 1.807) is 7.11 Å². The molecule has 1 saturated heterocycles. The highest BCUT2D eigenvalue weighted by molar-refractivity contribution is 9.10. The van der Waals surface area contributed by atoms with Crippen LogP contribution in [0.25, 0.3) is 0 Å². The molecule has 0 aromatic heterocycles. The summed E-state index contributed by atoms with van der Waals surface area (Å²) in [7, 11) is 1.71. The normalized spacial score (nSPS) is 23.2. The zero-order valence-electron chi connectivity index (χ0n) is 12.5. The Morgan fingerprint density at radius 3 is 3.05 bits per heavy atom. The number of rotatable bonds is 6. The fourth-order valence-electron chi connectivity index (χ4n) is 2.89. The number of ether oxygens (including phenoxy) is 2. The summed E-state index contributed by atoms with van der Waals surface area (Å²) in [6.07, 6.45) is 3.04. The van der Waals surface area contributed by atoms with E-state index in [1.165, 1.54) is 18.4 Å². The molecule has 2 aliphatic rings. The van der Waals surface area contributed by atoms with Gasteiger partial charge in [-0.15, -0.1) is 0 Å². The van der Waals surface area contributed by atoms with Crippen molar-refractivity contribution < 1.29 is 9.47 Å². The van der Waals surface area contributed by atoms with Crippen molar-refractivity contribution in [2.75, 3.05) is 33.4 Å². The molecular formula is C16H23BrN2O2. The third-order valence-corrected chi connectivity index (χ3v) is 4.66. The summed E-state index contributed by atoms with van der Waals surface area (Å²) in [6.45, 7) is 4.71. The quantitative estimate of drug-likeness (QED) is 0.850. The van der Waals surface area contributed by atoms with Crippen LogP contribution in [-0.4, -0.2) is 50.4 Å². The Bertz CT molecular complexity index is 479. The molecule has 4 nitrogen and oxygen atoms in total. The predicted octanol–water partition coefficient (Wildman–Crippen LogP) is 2.41. The van der Waals surface area contributed by atoms with Crippen LogP contribution in [0.2, 0.25) is 0 Å². The minimum absolute atomic E-state index is 0.303. The van der Waals surface area contributed by atoms with Crippen molar-refractivity contribution in [2.45, 2.75) is 31.5 Å². The first-order chi connectivity index (χ1) is 10.3. The summed E-state index contributed by atoms with van der Waals surface area (Å²) in [5, 5.41) is 3.50. The number of nitrogens with one attached hydrogen (secondary N) is 1. The van der Waals surface area contributed by atoms with E-state index in [9.17, 15) is 0 Å². The van der Waals surface area contributed by atoms with Gasteiger partial charge in [-0.3, -0.25) is 4.90 Å². The Morgan fingerprint density at radius 2 is 2.29 bits per heavy atom. The standard InChI is InChI=1S/C16H23BrN2O2/c1-20-16-5-2-13(17)8-12(16)9-18-10-15-11-19(6-7-21-15)14-3-4-14/h2,5,8,14-15,18H,3-4,6-7,9-11H2,1H3. The average molecular weight is 355 g/mol. The van der Waals surface area contributed by atoms with Crippen LogP contribution in [-0.2, 0) is 11.3 Å². The molecule has 0 radical (unpaired) electrons. The van der Waals surface area contributed by atoms with Crippen molar-refractivity contribution in [1.29, 1.82) is 0 Å². The topological polar surface area (TPSA) is 33.7 Å². The van der Waals surface area contributed by atoms with E-state index < -0.39 is 0 Å². The SMILES string of the molecule is COc1ccc(Br)cc1CNCC1CN(C2CC2)CCO1. The zero-order valence-corrected chi connectivity index (χ0v) is 14.1. The second kappa shape index (κ2) is 7.09. The molecule has 1 aliphatic carbocycles. The highest BCUT2D eigenvalue weighted by atomic mass is 79.9. The molecule has 1 aromatic carbocycles. The van der Waals surface area contributed by atoms with Gasteiger partial charge >= 0.3 is 0 Å². The maximum Gasteiger partial charge on any atom is 0.123 e. The number of morpholine rings is 1. The van der Waals surface area contributed by atoms with Gasteiger partial charge in [0, 0.05) is 42.3 Å². The van der Waals surface area contributed by atoms with Crippen molar-refractivity contribution in [1.82, 2.24) is 10.2 Å². The van der Waals surface area contributed by atoms with E-state index in [4.69, 9.17) is 9.47 Å². The molecular weight excluding hydrogens is 332 g/mol. The van der Waals surface area contributed by atoms with Gasteiger partial charge in [-0.05, 0) is 31.0 Å². The van der Waals surface area contributed by atoms with Crippen LogP contribution < -0.4 is 10.1 Å². The second-order valence-corrected chi connectivity index (χ2v) is 6.72. The first-order valence-corrected chi connectivity index (χ1v) is 8.44. The lowest BCUT2D eigenvalue weighted by Gasteiger charge is -2.33. The first-order valence-electron chi connectivity index (χ1n) is 7.65. The molecule has 0 amide bonds. The highest BCUT2D eigenvalue weighted by Crippen LogP contribution is 2.28. The van der Waals surface area contributed by atoms with E-state index in [0.29, 0.717) is 6.10 Å². The Balaban J connectivity index is 1.48. The Labute approximate surface area is 134 Å². The van der Waals surface area contributed by atoms with Crippen LogP contribution in [0.1, 0.15) is 18.4 Å². The van der Waals surface area contributed by atoms with E-state index in [1.807, 2.05) is 12.1 Å². The molecule has 1 aliphatic heterocycles. The highest BCUT2D eigenvalue weighted by Gasteiger charge is 2.32. The number of hydrogen-bond donors (Lipinski definition) is 1. The van der Waals surface area contributed by atoms with Gasteiger partial charge in [0.05, 0.1) is 19.8 Å². The van der Waals surface area contributed by atoms with Crippen molar-refractivity contribution >= 4 is 15.9 Å². The molecule has 1 aromatic rings. The molecule has 1 atom stereocenters. The van der Waals surface area contributed by atoms with Gasteiger partial charge < -0.3 is 14.8 Å². The maximum absolute atomic E-state index is 5.86. The molecule has 1 N–H and O–H groups in total. The first kappa shape index (κ1) is 15.3. The molecule has 5 heteroatoms. The van der Waals surface area contributed by atoms with Crippen LogP contribution in [0.3, 0.4) is 0 Å². The molecule has 116 valence electrons. The van der Waals surface area contributed by atoms with E-state index in [-0.39, 0.29) is 0 Å². The largest absolute Gasteiger partial charge is 0.496 e. The van der Waals surface area contributed by atoms with Gasteiger partial charge in [-0.2, -0.15) is 0 Å². The molecule has 0 bridgehead atoms. The number of benzene rings is 1. The van der Waals surface area contributed by atoms with Gasteiger partial charge in [-0.25, -0.2) is 0 Å². The third-order valence-electron chi connectivity index (χ3n) is 4.16. The van der Waals surface area contributed by atoms with Gasteiger partial charge in [0.1, 0.15) is 5.75 Å². The van der Waals surface area contributed by atoms with Crippen molar-refractivity contribution in [3.8, 4) is 5.75 Å². The lowest BCUT2D eigenvalue weighted by Crippen LogP contribution is -2.47. The number of methoxy groups -OCH3 is 1. The van der Waals surface area contributed by atoms with Crippen molar-refractivity contribution in [3.63, 3.8) is 0 Å². The molecule has 0 spiro atoms. The summed E-state index contributed by atoms with van der Waals surface area (Å²) in [5.41, 5.74) is 1.17. The van der Waals surface area contributed by atoms with Crippen LogP contribution >= 0.6 is 15.9 Å². The number of nitrogens with zero attached hydrogens (tertiary/aromatic N) is 1. The van der Waals surface area contributed by atoms with Crippen LogP contribution in [0, 0.1) is 0 Å². The summed E-state index contributed by atoms with van der Waals surface area (Å²) < 4.78 is 12.3. The fraction of sp³-hybridized carbons (Fsp3) is 0.625. The summed E-state index contributed by atoms with van der Waals surface area (Å²) in [6, 6.07) is 6.93. The van der Waals surface area contributed by atoms with E-state index in [2.05, 4.69) is 32.2 Å². The monoisotopic (exact) mass is 354 g/mol. The van der Waals surface area contributed by atoms with Crippen molar-refractivity contribution in [2.24, 2.45) is 0 Å². The summed E-state index contributed by atoms with van der Waals surface area (Å²) >= 11 is 3.51. The summed E-state index contributed by atoms with van der Waals surface area (Å²) in [5.74, 6) is 0.926. The van der Waals surface area contributed by atoms with E-state index in [0.717, 1.165) is 49.0 Å². The predicted molar refractivity (Wildman–Crippen MR) is 86.7 cm³/mol. The van der Waals surface area contributed by atoms with Gasteiger partial charge in [0.25, 0.3) is 0 Å². The Hall–Kier alpha value is -0.620. The van der Waals surface area contributed by atoms with Crippen molar-refractivity contribution in [3.05, 3.63) is 28.2 Å². The molecule has 21 heavy (non-hydrogen) atoms. The number of hydrogen-bond acceptors (Lipinski definition) is 4. The molecule has 1 saturated carbocycles. The fourth-order valence-corrected chi connectivity index (χ4v) is 3.30. The minimum Gasteiger partial charge on any atom is -0.496 e. The minimum atomic E-state index is 0.303. The van der Waals surface area contributed by atoms with Gasteiger partial charge in [0.2, 0.25) is 0 Å². The van der Waals surface area contributed by atoms with Gasteiger partial charge in [0.15, 0.2) is 0 Å². The molecule has 3 rings (SSSR count). The van der Waals surface area contributed by atoms with Crippen LogP contribution in [0.15, 0.2) is 22.7 Å². The maximum atomic E-state index is 5.86. The van der Waals surface area contributed by atoms with Crippen LogP contribution in [0.5, 0.6) is 5.75 Å². The van der Waals surface area contributed by atoms with Gasteiger partial charge in [-0.1, -0.05) is 15.9 Å². The number of halogens is 1. The summed E-state index contributed by atoms with van der Waals surface area (Å²) in [4.78, 5) is 2.58. The third kappa shape index (κ3) is 4.19. The average Bonchev–Trinajstić information content (AvgIpc) is 3.33. The molecule has 2 fully saturated rings. The zero-order chi connectivity index (χ0) is 14.7. The molecule has 1 heterocycles. The van der Waals surface area contributed by atoms with E-state index >= 15 is 0 Å². The smallest absolute Gasteiger partial charge is 0.123 e.